The number of para-hydroxylation sites is 1. The maximum absolute atomic E-state index is 12.3. The molecule has 0 fully saturated rings. The van der Waals surface area contributed by atoms with Gasteiger partial charge in [0.1, 0.15) is 11.5 Å². The lowest BCUT2D eigenvalue weighted by Crippen LogP contribution is -2.41. The van der Waals surface area contributed by atoms with Crippen LogP contribution in [-0.4, -0.2) is 50.6 Å². The first kappa shape index (κ1) is 21.3. The monoisotopic (exact) mass is 384 g/mol. The van der Waals surface area contributed by atoms with Gasteiger partial charge in [0, 0.05) is 20.0 Å². The topological polar surface area (TPSA) is 67.9 Å². The number of nitrogens with one attached hydrogen (secondary N) is 1. The molecule has 6 nitrogen and oxygen atoms in total. The molecule has 0 aliphatic rings. The van der Waals surface area contributed by atoms with Crippen LogP contribution < -0.4 is 14.8 Å². The van der Waals surface area contributed by atoms with Crippen LogP contribution in [0, 0.1) is 0 Å². The molecule has 2 amide bonds. The molecule has 0 atom stereocenters. The van der Waals surface area contributed by atoms with Crippen molar-refractivity contribution in [3.05, 3.63) is 59.7 Å². The van der Waals surface area contributed by atoms with Crippen molar-refractivity contribution in [3.63, 3.8) is 0 Å². The summed E-state index contributed by atoms with van der Waals surface area (Å²) in [4.78, 5) is 25.7. The molecule has 0 bridgehead atoms. The van der Waals surface area contributed by atoms with Gasteiger partial charge in [0.25, 0.3) is 0 Å². The van der Waals surface area contributed by atoms with Crippen LogP contribution in [0.25, 0.3) is 0 Å². The maximum atomic E-state index is 12.3. The fourth-order valence-electron chi connectivity index (χ4n) is 2.92. The van der Waals surface area contributed by atoms with Gasteiger partial charge in [-0.2, -0.15) is 0 Å². The SMILES string of the molecule is COc1cccc(CCNC(=O)CN(CCc2ccccc2OC)C(C)=O)c1. The normalized spacial score (nSPS) is 10.2. The highest BCUT2D eigenvalue weighted by Crippen LogP contribution is 2.18. The van der Waals surface area contributed by atoms with Gasteiger partial charge < -0.3 is 19.7 Å². The first-order valence-corrected chi connectivity index (χ1v) is 9.30. The highest BCUT2D eigenvalue weighted by molar-refractivity contribution is 5.83. The number of hydrogen-bond donors (Lipinski definition) is 1. The Morgan fingerprint density at radius 3 is 2.50 bits per heavy atom. The van der Waals surface area contributed by atoms with Gasteiger partial charge in [-0.15, -0.1) is 0 Å². The van der Waals surface area contributed by atoms with Crippen LogP contribution in [-0.2, 0) is 22.4 Å². The van der Waals surface area contributed by atoms with Crippen molar-refractivity contribution in [2.24, 2.45) is 0 Å². The first-order valence-electron chi connectivity index (χ1n) is 9.30. The Hall–Kier alpha value is -3.02. The second kappa shape index (κ2) is 11.0. The molecule has 28 heavy (non-hydrogen) atoms. The van der Waals surface area contributed by atoms with Crippen LogP contribution in [0.15, 0.2) is 48.5 Å². The summed E-state index contributed by atoms with van der Waals surface area (Å²) in [5.74, 6) is 1.28. The molecule has 0 heterocycles. The molecular formula is C22H28N2O4. The molecule has 2 aromatic carbocycles. The summed E-state index contributed by atoms with van der Waals surface area (Å²) in [5.41, 5.74) is 2.09. The molecule has 6 heteroatoms. The average molecular weight is 384 g/mol. The standard InChI is InChI=1S/C22H28N2O4/c1-17(25)24(14-12-19-8-4-5-10-21(19)28-3)16-22(26)23-13-11-18-7-6-9-20(15-18)27-2/h4-10,15H,11-14,16H2,1-3H3,(H,23,26). The van der Waals surface area contributed by atoms with E-state index in [0.717, 1.165) is 22.6 Å². The molecule has 0 unspecified atom stereocenters. The van der Waals surface area contributed by atoms with Gasteiger partial charge in [0.15, 0.2) is 0 Å². The second-order valence-electron chi connectivity index (χ2n) is 6.45. The third-order valence-corrected chi connectivity index (χ3v) is 4.49. The summed E-state index contributed by atoms with van der Waals surface area (Å²) in [6.07, 6.45) is 1.32. The summed E-state index contributed by atoms with van der Waals surface area (Å²) in [6, 6.07) is 15.4. The Morgan fingerprint density at radius 2 is 1.79 bits per heavy atom. The highest BCUT2D eigenvalue weighted by Gasteiger charge is 2.14. The molecule has 0 radical (unpaired) electrons. The van der Waals surface area contributed by atoms with Gasteiger partial charge in [0.2, 0.25) is 11.8 Å². The average Bonchev–Trinajstić information content (AvgIpc) is 2.71. The summed E-state index contributed by atoms with van der Waals surface area (Å²) < 4.78 is 10.5. The van der Waals surface area contributed by atoms with E-state index in [-0.39, 0.29) is 18.4 Å². The van der Waals surface area contributed by atoms with Crippen molar-refractivity contribution in [1.29, 1.82) is 0 Å². The van der Waals surface area contributed by atoms with E-state index in [1.165, 1.54) is 6.92 Å². The molecule has 0 aliphatic carbocycles. The fourth-order valence-corrected chi connectivity index (χ4v) is 2.92. The molecule has 150 valence electrons. The number of ether oxygens (including phenoxy) is 2. The number of rotatable bonds is 10. The smallest absolute Gasteiger partial charge is 0.239 e. The van der Waals surface area contributed by atoms with Crippen molar-refractivity contribution >= 4 is 11.8 Å². The number of hydrogen-bond acceptors (Lipinski definition) is 4. The van der Waals surface area contributed by atoms with E-state index in [1.54, 1.807) is 19.1 Å². The van der Waals surface area contributed by atoms with Crippen molar-refractivity contribution in [2.45, 2.75) is 19.8 Å². The van der Waals surface area contributed by atoms with Crippen LogP contribution in [0.2, 0.25) is 0 Å². The zero-order valence-corrected chi connectivity index (χ0v) is 16.7. The van der Waals surface area contributed by atoms with Crippen LogP contribution >= 0.6 is 0 Å². The molecule has 1 N–H and O–H groups in total. The predicted molar refractivity (Wildman–Crippen MR) is 109 cm³/mol. The summed E-state index contributed by atoms with van der Waals surface area (Å²) in [6.45, 7) is 2.48. The Balaban J connectivity index is 1.82. The van der Waals surface area contributed by atoms with Crippen LogP contribution in [0.1, 0.15) is 18.1 Å². The van der Waals surface area contributed by atoms with Gasteiger partial charge in [-0.05, 0) is 42.2 Å². The fraction of sp³-hybridized carbons (Fsp3) is 0.364. The predicted octanol–water partition coefficient (Wildman–Crippen LogP) is 2.45. The minimum Gasteiger partial charge on any atom is -0.497 e. The second-order valence-corrected chi connectivity index (χ2v) is 6.45. The number of carbonyl (C=O) groups excluding carboxylic acids is 2. The van der Waals surface area contributed by atoms with Crippen LogP contribution in [0.5, 0.6) is 11.5 Å². The van der Waals surface area contributed by atoms with Crippen molar-refractivity contribution in [1.82, 2.24) is 10.2 Å². The lowest BCUT2D eigenvalue weighted by Gasteiger charge is -2.21. The molecule has 0 saturated carbocycles. The van der Waals surface area contributed by atoms with E-state index >= 15 is 0 Å². The molecule has 2 aromatic rings. The quantitative estimate of drug-likeness (QED) is 0.683. The summed E-state index contributed by atoms with van der Waals surface area (Å²) in [5, 5.41) is 2.88. The number of carbonyl (C=O) groups is 2. The lowest BCUT2D eigenvalue weighted by atomic mass is 10.1. The molecule has 0 aliphatic heterocycles. The Labute approximate surface area is 166 Å². The van der Waals surface area contributed by atoms with E-state index in [1.807, 2.05) is 48.5 Å². The number of nitrogens with zero attached hydrogens (tertiary/aromatic N) is 1. The van der Waals surface area contributed by atoms with Crippen molar-refractivity contribution in [3.8, 4) is 11.5 Å². The molecule has 0 saturated heterocycles. The van der Waals surface area contributed by atoms with Crippen molar-refractivity contribution in [2.75, 3.05) is 33.9 Å². The van der Waals surface area contributed by atoms with E-state index in [4.69, 9.17) is 9.47 Å². The number of methoxy groups -OCH3 is 2. The van der Waals surface area contributed by atoms with Crippen LogP contribution in [0.4, 0.5) is 0 Å². The molecular weight excluding hydrogens is 356 g/mol. The minimum absolute atomic E-state index is 0.0442. The highest BCUT2D eigenvalue weighted by atomic mass is 16.5. The zero-order chi connectivity index (χ0) is 20.4. The van der Waals surface area contributed by atoms with Gasteiger partial charge in [-0.1, -0.05) is 30.3 Å². The van der Waals surface area contributed by atoms with Gasteiger partial charge >= 0.3 is 0 Å². The minimum atomic E-state index is -0.168. The van der Waals surface area contributed by atoms with E-state index in [9.17, 15) is 9.59 Å². The lowest BCUT2D eigenvalue weighted by molar-refractivity contribution is -0.134. The third kappa shape index (κ3) is 6.61. The van der Waals surface area contributed by atoms with E-state index in [0.29, 0.717) is 25.9 Å². The maximum Gasteiger partial charge on any atom is 0.239 e. The molecule has 2 rings (SSSR count). The first-order chi connectivity index (χ1) is 13.5. The van der Waals surface area contributed by atoms with Gasteiger partial charge in [0.05, 0.1) is 20.8 Å². The Kier molecular flexibility index (Phi) is 8.34. The van der Waals surface area contributed by atoms with Crippen LogP contribution in [0.3, 0.4) is 0 Å². The van der Waals surface area contributed by atoms with E-state index < -0.39 is 0 Å². The molecule has 0 aromatic heterocycles. The third-order valence-electron chi connectivity index (χ3n) is 4.49. The van der Waals surface area contributed by atoms with E-state index in [2.05, 4.69) is 5.32 Å². The summed E-state index contributed by atoms with van der Waals surface area (Å²) >= 11 is 0. The zero-order valence-electron chi connectivity index (χ0n) is 16.7. The van der Waals surface area contributed by atoms with Gasteiger partial charge in [-0.3, -0.25) is 9.59 Å². The largest absolute Gasteiger partial charge is 0.497 e. The Bertz CT molecular complexity index is 792. The van der Waals surface area contributed by atoms with Crippen molar-refractivity contribution < 1.29 is 19.1 Å². The number of benzene rings is 2. The number of amides is 2. The Morgan fingerprint density at radius 1 is 1.00 bits per heavy atom. The molecule has 0 spiro atoms. The van der Waals surface area contributed by atoms with Gasteiger partial charge in [-0.25, -0.2) is 0 Å². The summed E-state index contributed by atoms with van der Waals surface area (Å²) in [7, 11) is 3.25.